The van der Waals surface area contributed by atoms with E-state index in [1.165, 1.54) is 0 Å². The van der Waals surface area contributed by atoms with Crippen molar-refractivity contribution in [3.05, 3.63) is 11.1 Å². The van der Waals surface area contributed by atoms with E-state index in [1.807, 2.05) is 6.92 Å². The number of aromatic nitrogens is 1. The summed E-state index contributed by atoms with van der Waals surface area (Å²) >= 11 is 3.51. The van der Waals surface area contributed by atoms with Crippen molar-refractivity contribution in [3.8, 4) is 0 Å². The van der Waals surface area contributed by atoms with Crippen molar-refractivity contribution < 1.29 is 0 Å². The molecule has 0 aromatic carbocycles. The molecule has 86 valence electrons. The molecule has 0 spiro atoms. The molecule has 0 aliphatic heterocycles. The molecule has 2 unspecified atom stereocenters. The van der Waals surface area contributed by atoms with Crippen LogP contribution < -0.4 is 5.73 Å². The number of nitrogens with two attached hydrogens (primary N) is 1. The van der Waals surface area contributed by atoms with Crippen LogP contribution in [0.3, 0.4) is 0 Å². The summed E-state index contributed by atoms with van der Waals surface area (Å²) in [5.74, 6) is 0. The molecule has 1 aromatic rings. The van der Waals surface area contributed by atoms with Crippen LogP contribution in [0.2, 0.25) is 0 Å². The van der Waals surface area contributed by atoms with Gasteiger partial charge in [-0.1, -0.05) is 32.5 Å². The van der Waals surface area contributed by atoms with Crippen molar-refractivity contribution in [1.29, 1.82) is 0 Å². The van der Waals surface area contributed by atoms with Gasteiger partial charge in [-0.15, -0.1) is 11.3 Å². The van der Waals surface area contributed by atoms with Crippen molar-refractivity contribution in [3.63, 3.8) is 0 Å². The second-order valence-corrected chi connectivity index (χ2v) is 7.27. The van der Waals surface area contributed by atoms with Gasteiger partial charge in [-0.25, -0.2) is 4.98 Å². The minimum Gasteiger partial charge on any atom is -0.327 e. The Balaban J connectivity index is 2.76. The number of thiazole rings is 1. The lowest BCUT2D eigenvalue weighted by molar-refractivity contribution is 0.363. The Kier molecular flexibility index (Phi) is 4.20. The number of nitrogens with zero attached hydrogens (tertiary/aromatic N) is 1. The standard InChI is InChI=1S/C11H20N2S2/c1-7-6-14-10(13-7)15-9(8(2)12)11(3,4)5/h6,8-9H,12H2,1-5H3. The Morgan fingerprint density at radius 3 is 2.40 bits per heavy atom. The first-order valence-electron chi connectivity index (χ1n) is 5.15. The zero-order chi connectivity index (χ0) is 11.6. The van der Waals surface area contributed by atoms with Crippen molar-refractivity contribution >= 4 is 23.1 Å². The van der Waals surface area contributed by atoms with Crippen molar-refractivity contribution in [2.45, 2.75) is 50.3 Å². The third-order valence-corrected chi connectivity index (χ3v) is 5.17. The van der Waals surface area contributed by atoms with Gasteiger partial charge in [0.25, 0.3) is 0 Å². The van der Waals surface area contributed by atoms with Crippen LogP contribution in [0.15, 0.2) is 9.72 Å². The molecule has 1 rings (SSSR count). The first-order chi connectivity index (χ1) is 6.80. The summed E-state index contributed by atoms with van der Waals surface area (Å²) in [6.07, 6.45) is 0. The van der Waals surface area contributed by atoms with E-state index in [9.17, 15) is 0 Å². The molecular formula is C11H20N2S2. The Labute approximate surface area is 101 Å². The predicted molar refractivity (Wildman–Crippen MR) is 69.6 cm³/mol. The van der Waals surface area contributed by atoms with Gasteiger partial charge in [0.2, 0.25) is 0 Å². The summed E-state index contributed by atoms with van der Waals surface area (Å²) in [5, 5.41) is 2.49. The van der Waals surface area contributed by atoms with E-state index in [2.05, 4.69) is 38.1 Å². The molecule has 2 nitrogen and oxygen atoms in total. The zero-order valence-electron chi connectivity index (χ0n) is 10.1. The Morgan fingerprint density at radius 1 is 1.47 bits per heavy atom. The molecule has 0 saturated heterocycles. The zero-order valence-corrected chi connectivity index (χ0v) is 11.7. The highest BCUT2D eigenvalue weighted by molar-refractivity contribution is 8.01. The summed E-state index contributed by atoms with van der Waals surface area (Å²) in [7, 11) is 0. The topological polar surface area (TPSA) is 38.9 Å². The van der Waals surface area contributed by atoms with Gasteiger partial charge in [-0.2, -0.15) is 0 Å². The van der Waals surface area contributed by atoms with Crippen LogP contribution in [-0.2, 0) is 0 Å². The molecule has 15 heavy (non-hydrogen) atoms. The summed E-state index contributed by atoms with van der Waals surface area (Å²) in [6.45, 7) is 10.8. The monoisotopic (exact) mass is 244 g/mol. The maximum Gasteiger partial charge on any atom is 0.150 e. The Hall–Kier alpha value is -0.0600. The quantitative estimate of drug-likeness (QED) is 0.829. The molecule has 1 aromatic heterocycles. The van der Waals surface area contributed by atoms with E-state index in [1.54, 1.807) is 23.1 Å². The normalized spacial score (nSPS) is 16.4. The molecule has 0 saturated carbocycles. The van der Waals surface area contributed by atoms with Crippen LogP contribution in [-0.4, -0.2) is 16.3 Å². The van der Waals surface area contributed by atoms with Gasteiger partial charge in [-0.05, 0) is 19.3 Å². The van der Waals surface area contributed by atoms with E-state index < -0.39 is 0 Å². The number of rotatable bonds is 3. The lowest BCUT2D eigenvalue weighted by Gasteiger charge is -2.32. The van der Waals surface area contributed by atoms with Gasteiger partial charge in [-0.3, -0.25) is 0 Å². The van der Waals surface area contributed by atoms with Crippen LogP contribution in [0.4, 0.5) is 0 Å². The van der Waals surface area contributed by atoms with Gasteiger partial charge in [0, 0.05) is 22.4 Å². The fraction of sp³-hybridized carbons (Fsp3) is 0.727. The minimum atomic E-state index is 0.180. The molecular weight excluding hydrogens is 224 g/mol. The number of hydrogen-bond acceptors (Lipinski definition) is 4. The highest BCUT2D eigenvalue weighted by atomic mass is 32.2. The van der Waals surface area contributed by atoms with E-state index >= 15 is 0 Å². The highest BCUT2D eigenvalue weighted by Crippen LogP contribution is 2.37. The summed E-state index contributed by atoms with van der Waals surface area (Å²) < 4.78 is 1.13. The van der Waals surface area contributed by atoms with Crippen LogP contribution in [0.25, 0.3) is 0 Å². The first kappa shape index (κ1) is 13.0. The van der Waals surface area contributed by atoms with E-state index in [0.29, 0.717) is 5.25 Å². The summed E-state index contributed by atoms with van der Waals surface area (Å²) in [4.78, 5) is 4.47. The predicted octanol–water partition coefficient (Wildman–Crippen LogP) is 3.31. The highest BCUT2D eigenvalue weighted by Gasteiger charge is 2.29. The van der Waals surface area contributed by atoms with Gasteiger partial charge >= 0.3 is 0 Å². The third-order valence-electron chi connectivity index (χ3n) is 2.16. The van der Waals surface area contributed by atoms with Gasteiger partial charge in [0.15, 0.2) is 0 Å². The molecule has 0 aliphatic carbocycles. The van der Waals surface area contributed by atoms with Crippen molar-refractivity contribution in [2.75, 3.05) is 0 Å². The van der Waals surface area contributed by atoms with Crippen LogP contribution in [0.1, 0.15) is 33.4 Å². The molecule has 1 heterocycles. The van der Waals surface area contributed by atoms with E-state index in [4.69, 9.17) is 5.73 Å². The molecule has 0 bridgehead atoms. The maximum atomic E-state index is 6.03. The largest absolute Gasteiger partial charge is 0.327 e. The fourth-order valence-corrected chi connectivity index (χ4v) is 3.75. The second-order valence-electron chi connectivity index (χ2n) is 5.02. The van der Waals surface area contributed by atoms with E-state index in [-0.39, 0.29) is 11.5 Å². The molecule has 0 aliphatic rings. The lowest BCUT2D eigenvalue weighted by atomic mass is 9.88. The lowest BCUT2D eigenvalue weighted by Crippen LogP contribution is -2.38. The Bertz CT molecular complexity index is 313. The fourth-order valence-electron chi connectivity index (χ4n) is 1.57. The van der Waals surface area contributed by atoms with E-state index in [0.717, 1.165) is 10.0 Å². The number of hydrogen-bond donors (Lipinski definition) is 1. The maximum absolute atomic E-state index is 6.03. The van der Waals surface area contributed by atoms with Gasteiger partial charge < -0.3 is 5.73 Å². The van der Waals surface area contributed by atoms with Crippen LogP contribution in [0, 0.1) is 12.3 Å². The van der Waals surface area contributed by atoms with Crippen LogP contribution >= 0.6 is 23.1 Å². The minimum absolute atomic E-state index is 0.180. The van der Waals surface area contributed by atoms with Crippen molar-refractivity contribution in [1.82, 2.24) is 4.98 Å². The average molecular weight is 244 g/mol. The average Bonchev–Trinajstić information content (AvgIpc) is 2.44. The second kappa shape index (κ2) is 4.85. The smallest absolute Gasteiger partial charge is 0.150 e. The number of thioether (sulfide) groups is 1. The van der Waals surface area contributed by atoms with Crippen molar-refractivity contribution in [2.24, 2.45) is 11.1 Å². The number of aryl methyl sites for hydroxylation is 1. The van der Waals surface area contributed by atoms with Gasteiger partial charge in [0.05, 0.1) is 0 Å². The third kappa shape index (κ3) is 3.78. The Morgan fingerprint density at radius 2 is 2.07 bits per heavy atom. The molecule has 4 heteroatoms. The molecule has 0 radical (unpaired) electrons. The molecule has 0 amide bonds. The SMILES string of the molecule is Cc1csc(SC(C(C)N)C(C)(C)C)n1. The van der Waals surface area contributed by atoms with Crippen LogP contribution in [0.5, 0.6) is 0 Å². The molecule has 0 fully saturated rings. The summed E-state index contributed by atoms with van der Waals surface area (Å²) in [5.41, 5.74) is 7.34. The molecule has 2 N–H and O–H groups in total. The van der Waals surface area contributed by atoms with Gasteiger partial charge in [0.1, 0.15) is 4.34 Å². The molecule has 2 atom stereocenters. The first-order valence-corrected chi connectivity index (χ1v) is 6.91. The summed E-state index contributed by atoms with van der Waals surface area (Å²) in [6, 6.07) is 0.180.